The van der Waals surface area contributed by atoms with Crippen molar-refractivity contribution in [1.29, 1.82) is 0 Å². The van der Waals surface area contributed by atoms with Gasteiger partial charge in [0, 0.05) is 24.7 Å². The second-order valence-electron chi connectivity index (χ2n) is 6.42. The maximum Gasteiger partial charge on any atom is 0.240 e. The number of fused-ring (bicyclic) bond motifs is 1. The summed E-state index contributed by atoms with van der Waals surface area (Å²) in [6.07, 6.45) is 2.88. The summed E-state index contributed by atoms with van der Waals surface area (Å²) in [5.74, 6) is 0.297. The summed E-state index contributed by atoms with van der Waals surface area (Å²) in [6.45, 7) is 3.65. The second kappa shape index (κ2) is 6.59. The number of anilines is 1. The quantitative estimate of drug-likeness (QED) is 0.774. The minimum Gasteiger partial charge on any atom is -0.326 e. The van der Waals surface area contributed by atoms with Gasteiger partial charge in [-0.1, -0.05) is 6.92 Å². The van der Waals surface area contributed by atoms with Crippen LogP contribution in [0.2, 0.25) is 0 Å². The van der Waals surface area contributed by atoms with E-state index in [1.54, 1.807) is 18.2 Å². The number of aryl methyl sites for hydroxylation is 1. The lowest BCUT2D eigenvalue weighted by Crippen LogP contribution is -2.50. The van der Waals surface area contributed by atoms with Crippen molar-refractivity contribution in [2.45, 2.75) is 43.5 Å². The second-order valence-corrected chi connectivity index (χ2v) is 8.13. The van der Waals surface area contributed by atoms with Gasteiger partial charge in [-0.15, -0.1) is 0 Å². The molecular formula is C16H23N3O3S. The first kappa shape index (κ1) is 16.4. The van der Waals surface area contributed by atoms with Gasteiger partial charge in [-0.05, 0) is 55.5 Å². The highest BCUT2D eigenvalue weighted by Gasteiger charge is 2.27. The maximum atomic E-state index is 12.7. The van der Waals surface area contributed by atoms with Gasteiger partial charge in [-0.25, -0.2) is 13.1 Å². The Kier molecular flexibility index (Phi) is 4.70. The molecular weight excluding hydrogens is 314 g/mol. The Morgan fingerprint density at radius 1 is 1.26 bits per heavy atom. The Hall–Kier alpha value is -1.44. The third-order valence-corrected chi connectivity index (χ3v) is 6.13. The molecule has 23 heavy (non-hydrogen) atoms. The number of piperidine rings is 1. The highest BCUT2D eigenvalue weighted by molar-refractivity contribution is 7.89. The number of hydrogen-bond acceptors (Lipinski definition) is 4. The molecule has 2 aliphatic heterocycles. The molecule has 2 atom stereocenters. The molecule has 2 unspecified atom stereocenters. The van der Waals surface area contributed by atoms with Crippen molar-refractivity contribution in [2.24, 2.45) is 5.92 Å². The van der Waals surface area contributed by atoms with Crippen molar-refractivity contribution in [3.05, 3.63) is 23.8 Å². The number of rotatable bonds is 3. The van der Waals surface area contributed by atoms with Crippen LogP contribution in [0.15, 0.2) is 23.1 Å². The molecule has 0 radical (unpaired) electrons. The summed E-state index contributed by atoms with van der Waals surface area (Å²) in [5.41, 5.74) is 1.60. The molecule has 0 spiro atoms. The summed E-state index contributed by atoms with van der Waals surface area (Å²) < 4.78 is 28.1. The van der Waals surface area contributed by atoms with E-state index in [4.69, 9.17) is 0 Å². The first-order valence-electron chi connectivity index (χ1n) is 8.11. The Labute approximate surface area is 137 Å². The van der Waals surface area contributed by atoms with Crippen LogP contribution in [-0.2, 0) is 21.2 Å². The SMILES string of the molecule is CC1CCNCC1NS(=O)(=O)c1ccc2c(c1)CCCC(=O)N2. The average Bonchev–Trinajstić information content (AvgIpc) is 2.69. The molecule has 0 aliphatic carbocycles. The molecule has 3 N–H and O–H groups in total. The molecule has 2 heterocycles. The number of amides is 1. The van der Waals surface area contributed by atoms with Gasteiger partial charge in [-0.2, -0.15) is 0 Å². The summed E-state index contributed by atoms with van der Waals surface area (Å²) >= 11 is 0. The van der Waals surface area contributed by atoms with Gasteiger partial charge in [0.1, 0.15) is 0 Å². The van der Waals surface area contributed by atoms with E-state index < -0.39 is 10.0 Å². The van der Waals surface area contributed by atoms with Crippen LogP contribution in [0.4, 0.5) is 5.69 Å². The lowest BCUT2D eigenvalue weighted by Gasteiger charge is -2.30. The van der Waals surface area contributed by atoms with Crippen LogP contribution in [-0.4, -0.2) is 33.5 Å². The molecule has 1 amide bonds. The Balaban J connectivity index is 1.82. The fraction of sp³-hybridized carbons (Fsp3) is 0.562. The molecule has 1 saturated heterocycles. The molecule has 0 aromatic heterocycles. The highest BCUT2D eigenvalue weighted by Crippen LogP contribution is 2.25. The van der Waals surface area contributed by atoms with E-state index in [0.717, 1.165) is 30.6 Å². The first-order valence-corrected chi connectivity index (χ1v) is 9.60. The van der Waals surface area contributed by atoms with Crippen LogP contribution >= 0.6 is 0 Å². The fourth-order valence-electron chi connectivity index (χ4n) is 3.13. The number of nitrogens with one attached hydrogen (secondary N) is 3. The third kappa shape index (κ3) is 3.73. The smallest absolute Gasteiger partial charge is 0.240 e. The third-order valence-electron chi connectivity index (χ3n) is 4.65. The van der Waals surface area contributed by atoms with Gasteiger partial charge in [0.15, 0.2) is 0 Å². The van der Waals surface area contributed by atoms with Crippen LogP contribution in [0.25, 0.3) is 0 Å². The summed E-state index contributed by atoms with van der Waals surface area (Å²) in [4.78, 5) is 11.8. The van der Waals surface area contributed by atoms with Crippen LogP contribution in [0.1, 0.15) is 31.7 Å². The van der Waals surface area contributed by atoms with Crippen LogP contribution in [0, 0.1) is 5.92 Å². The van der Waals surface area contributed by atoms with Crippen molar-refractivity contribution >= 4 is 21.6 Å². The lowest BCUT2D eigenvalue weighted by molar-refractivity contribution is -0.116. The zero-order chi connectivity index (χ0) is 16.4. The molecule has 1 aromatic carbocycles. The van der Waals surface area contributed by atoms with Gasteiger partial charge in [0.05, 0.1) is 4.90 Å². The normalized spacial score (nSPS) is 25.3. The molecule has 126 valence electrons. The van der Waals surface area contributed by atoms with E-state index in [1.807, 2.05) is 0 Å². The molecule has 3 rings (SSSR count). The summed E-state index contributed by atoms with van der Waals surface area (Å²) in [5, 5.41) is 6.05. The van der Waals surface area contributed by atoms with Gasteiger partial charge < -0.3 is 10.6 Å². The van der Waals surface area contributed by atoms with Gasteiger partial charge in [0.25, 0.3) is 0 Å². The minimum absolute atomic E-state index is 0.0143. The maximum absolute atomic E-state index is 12.7. The summed E-state index contributed by atoms with van der Waals surface area (Å²) in [7, 11) is -3.55. The molecule has 0 bridgehead atoms. The zero-order valence-electron chi connectivity index (χ0n) is 13.3. The molecule has 0 saturated carbocycles. The Bertz CT molecular complexity index is 703. The molecule has 1 fully saturated rings. The van der Waals surface area contributed by atoms with Crippen molar-refractivity contribution in [3.63, 3.8) is 0 Å². The van der Waals surface area contributed by atoms with E-state index in [0.29, 0.717) is 25.3 Å². The zero-order valence-corrected chi connectivity index (χ0v) is 14.1. The fourth-order valence-corrected chi connectivity index (χ4v) is 4.53. The minimum atomic E-state index is -3.55. The van der Waals surface area contributed by atoms with Crippen LogP contribution in [0.3, 0.4) is 0 Å². The number of carbonyl (C=O) groups is 1. The van der Waals surface area contributed by atoms with Crippen molar-refractivity contribution in [1.82, 2.24) is 10.0 Å². The Morgan fingerprint density at radius 3 is 2.87 bits per heavy atom. The van der Waals surface area contributed by atoms with Gasteiger partial charge >= 0.3 is 0 Å². The predicted molar refractivity (Wildman–Crippen MR) is 88.8 cm³/mol. The van der Waals surface area contributed by atoms with Crippen molar-refractivity contribution in [3.8, 4) is 0 Å². The van der Waals surface area contributed by atoms with Gasteiger partial charge in [0.2, 0.25) is 15.9 Å². The van der Waals surface area contributed by atoms with E-state index in [9.17, 15) is 13.2 Å². The standard InChI is InChI=1S/C16H23N3O3S/c1-11-7-8-17-10-15(11)19-23(21,22)13-5-6-14-12(9-13)3-2-4-16(20)18-14/h5-6,9,11,15,17,19H,2-4,7-8,10H2,1H3,(H,18,20). The summed E-state index contributed by atoms with van der Waals surface area (Å²) in [6, 6.07) is 4.85. The molecule has 2 aliphatic rings. The van der Waals surface area contributed by atoms with Crippen molar-refractivity contribution in [2.75, 3.05) is 18.4 Å². The lowest BCUT2D eigenvalue weighted by atomic mass is 9.96. The topological polar surface area (TPSA) is 87.3 Å². The van der Waals surface area contributed by atoms with Crippen LogP contribution < -0.4 is 15.4 Å². The predicted octanol–water partition coefficient (Wildman–Crippen LogP) is 1.24. The number of sulfonamides is 1. The van der Waals surface area contributed by atoms with E-state index in [1.165, 1.54) is 0 Å². The number of hydrogen-bond donors (Lipinski definition) is 3. The molecule has 6 nitrogen and oxygen atoms in total. The number of carbonyl (C=O) groups excluding carboxylic acids is 1. The highest BCUT2D eigenvalue weighted by atomic mass is 32.2. The number of benzene rings is 1. The van der Waals surface area contributed by atoms with Gasteiger partial charge in [-0.3, -0.25) is 4.79 Å². The Morgan fingerprint density at radius 2 is 2.09 bits per heavy atom. The monoisotopic (exact) mass is 337 g/mol. The average molecular weight is 337 g/mol. The van der Waals surface area contributed by atoms with Crippen LogP contribution in [0.5, 0.6) is 0 Å². The van der Waals surface area contributed by atoms with E-state index in [-0.39, 0.29) is 16.8 Å². The van der Waals surface area contributed by atoms with E-state index >= 15 is 0 Å². The largest absolute Gasteiger partial charge is 0.326 e. The first-order chi connectivity index (χ1) is 11.0. The molecule has 7 heteroatoms. The van der Waals surface area contributed by atoms with Crippen molar-refractivity contribution < 1.29 is 13.2 Å². The van der Waals surface area contributed by atoms with E-state index in [2.05, 4.69) is 22.3 Å². The molecule has 1 aromatic rings.